The molecule has 2 heterocycles. The number of allylic oxidation sites excluding steroid dienone is 3. The van der Waals surface area contributed by atoms with Crippen LogP contribution in [0.2, 0.25) is 0 Å². The van der Waals surface area contributed by atoms with Gasteiger partial charge >= 0.3 is 0 Å². The number of hydrogen-bond acceptors (Lipinski definition) is 2. The molecule has 1 aliphatic carbocycles. The van der Waals surface area contributed by atoms with Gasteiger partial charge in [0.2, 0.25) is 0 Å². The molecule has 5 unspecified atom stereocenters. The van der Waals surface area contributed by atoms with Gasteiger partial charge in [0.05, 0.1) is 11.4 Å². The van der Waals surface area contributed by atoms with Crippen molar-refractivity contribution in [2.45, 2.75) is 66.1 Å². The number of rotatable bonds is 3. The first kappa shape index (κ1) is 21.7. The van der Waals surface area contributed by atoms with Crippen LogP contribution in [0.5, 0.6) is 0 Å². The zero-order valence-electron chi connectivity index (χ0n) is 19.8. The van der Waals surface area contributed by atoms with Crippen molar-refractivity contribution in [1.29, 1.82) is 0 Å². The maximum atomic E-state index is 2.77. The van der Waals surface area contributed by atoms with Crippen molar-refractivity contribution in [2.24, 2.45) is 17.3 Å². The molecule has 1 saturated heterocycles. The number of hydrogen-bond donors (Lipinski definition) is 0. The van der Waals surface area contributed by atoms with Crippen molar-refractivity contribution < 1.29 is 0 Å². The van der Waals surface area contributed by atoms with Gasteiger partial charge in [-0.15, -0.1) is 0 Å². The Labute approximate surface area is 189 Å². The van der Waals surface area contributed by atoms with E-state index < -0.39 is 0 Å². The lowest BCUT2D eigenvalue weighted by Gasteiger charge is -2.58. The first-order valence-electron chi connectivity index (χ1n) is 12.2. The summed E-state index contributed by atoms with van der Waals surface area (Å²) in [6, 6.07) is 20.5. The molecular weight excluding hydrogens is 376 g/mol. The molecule has 0 amide bonds. The van der Waals surface area contributed by atoms with E-state index in [1.165, 1.54) is 23.5 Å². The first-order chi connectivity index (χ1) is 15.2. The van der Waals surface area contributed by atoms with Crippen molar-refractivity contribution in [1.82, 2.24) is 0 Å². The summed E-state index contributed by atoms with van der Waals surface area (Å²) in [6.07, 6.45) is 13.5. The van der Waals surface area contributed by atoms with Crippen molar-refractivity contribution >= 4 is 17.1 Å². The summed E-state index contributed by atoms with van der Waals surface area (Å²) in [5.74, 6) is 1.15. The third kappa shape index (κ3) is 3.41. The van der Waals surface area contributed by atoms with Gasteiger partial charge in [-0.05, 0) is 54.9 Å². The van der Waals surface area contributed by atoms with E-state index in [-0.39, 0.29) is 5.41 Å². The zero-order chi connectivity index (χ0) is 22.0. The van der Waals surface area contributed by atoms with Crippen LogP contribution in [0.3, 0.4) is 0 Å². The highest BCUT2D eigenvalue weighted by Gasteiger charge is 2.57. The monoisotopic (exact) mass is 414 g/mol. The Morgan fingerprint density at radius 3 is 2.29 bits per heavy atom. The fourth-order valence-corrected chi connectivity index (χ4v) is 6.10. The normalized spacial score (nSPS) is 31.0. The molecule has 2 aliphatic heterocycles. The van der Waals surface area contributed by atoms with Gasteiger partial charge in [0.1, 0.15) is 6.17 Å². The SMILES string of the molecule is CC.CCC=CC1(C)C(C)C2N(c3ccccc3)c3ccccc3N2C2CC=CCC21. The summed E-state index contributed by atoms with van der Waals surface area (Å²) in [4.78, 5) is 5.37. The molecule has 31 heavy (non-hydrogen) atoms. The quantitative estimate of drug-likeness (QED) is 0.470. The lowest BCUT2D eigenvalue weighted by atomic mass is 9.58. The summed E-state index contributed by atoms with van der Waals surface area (Å²) in [5, 5.41) is 0. The fourth-order valence-electron chi connectivity index (χ4n) is 6.10. The molecule has 2 aromatic rings. The van der Waals surface area contributed by atoms with Gasteiger partial charge < -0.3 is 9.80 Å². The van der Waals surface area contributed by atoms with Crippen LogP contribution in [-0.2, 0) is 0 Å². The van der Waals surface area contributed by atoms with Crippen molar-refractivity contribution in [3.8, 4) is 0 Å². The molecule has 5 rings (SSSR count). The molecule has 2 heteroatoms. The highest BCUT2D eigenvalue weighted by Crippen LogP contribution is 2.59. The highest BCUT2D eigenvalue weighted by molar-refractivity contribution is 5.84. The van der Waals surface area contributed by atoms with Crippen molar-refractivity contribution in [3.05, 3.63) is 78.9 Å². The van der Waals surface area contributed by atoms with E-state index in [2.05, 4.69) is 109 Å². The van der Waals surface area contributed by atoms with Crippen LogP contribution in [0.1, 0.15) is 53.9 Å². The second kappa shape index (κ2) is 8.94. The molecule has 2 aromatic carbocycles. The van der Waals surface area contributed by atoms with E-state index in [9.17, 15) is 0 Å². The predicted molar refractivity (Wildman–Crippen MR) is 135 cm³/mol. The van der Waals surface area contributed by atoms with E-state index in [0.29, 0.717) is 24.0 Å². The molecule has 1 fully saturated rings. The molecule has 0 aromatic heterocycles. The Balaban J connectivity index is 0.00000112. The molecule has 164 valence electrons. The average Bonchev–Trinajstić information content (AvgIpc) is 3.18. The van der Waals surface area contributed by atoms with E-state index in [4.69, 9.17) is 0 Å². The molecule has 0 saturated carbocycles. The smallest absolute Gasteiger partial charge is 0.110 e. The molecule has 0 spiro atoms. The second-order valence-electron chi connectivity index (χ2n) is 9.10. The van der Waals surface area contributed by atoms with Crippen LogP contribution in [0.15, 0.2) is 78.9 Å². The lowest BCUT2D eigenvalue weighted by molar-refractivity contribution is 0.0673. The number of fused-ring (bicyclic) bond motifs is 5. The summed E-state index contributed by atoms with van der Waals surface area (Å²) in [5.41, 5.74) is 4.24. The number of para-hydroxylation sites is 3. The summed E-state index contributed by atoms with van der Waals surface area (Å²) >= 11 is 0. The average molecular weight is 415 g/mol. The topological polar surface area (TPSA) is 6.48 Å². The zero-order valence-corrected chi connectivity index (χ0v) is 19.8. The Hall–Kier alpha value is -2.48. The maximum absolute atomic E-state index is 2.77. The Morgan fingerprint density at radius 2 is 1.58 bits per heavy atom. The molecular formula is C29H38N2. The molecule has 0 N–H and O–H groups in total. The minimum Gasteiger partial charge on any atom is -0.345 e. The third-order valence-electron chi connectivity index (χ3n) is 7.70. The Kier molecular flexibility index (Phi) is 6.27. The van der Waals surface area contributed by atoms with Crippen LogP contribution in [0, 0.1) is 17.3 Å². The first-order valence-corrected chi connectivity index (χ1v) is 12.2. The van der Waals surface area contributed by atoms with Crippen molar-refractivity contribution in [3.63, 3.8) is 0 Å². The van der Waals surface area contributed by atoms with Gasteiger partial charge in [-0.3, -0.25) is 0 Å². The molecule has 2 nitrogen and oxygen atoms in total. The minimum absolute atomic E-state index is 0.182. The van der Waals surface area contributed by atoms with Crippen LogP contribution in [0.25, 0.3) is 0 Å². The summed E-state index contributed by atoms with van der Waals surface area (Å²) in [7, 11) is 0. The fraction of sp³-hybridized carbons (Fsp3) is 0.448. The van der Waals surface area contributed by atoms with Crippen molar-refractivity contribution in [2.75, 3.05) is 9.80 Å². The molecule has 5 atom stereocenters. The van der Waals surface area contributed by atoms with Crippen LogP contribution in [-0.4, -0.2) is 12.2 Å². The van der Waals surface area contributed by atoms with Crippen LogP contribution in [0.4, 0.5) is 17.1 Å². The van der Waals surface area contributed by atoms with E-state index in [1.54, 1.807) is 0 Å². The molecule has 0 radical (unpaired) electrons. The number of benzene rings is 2. The lowest BCUT2D eigenvalue weighted by Crippen LogP contribution is -2.64. The highest BCUT2D eigenvalue weighted by atomic mass is 15.4. The van der Waals surface area contributed by atoms with Gasteiger partial charge in [0, 0.05) is 17.6 Å². The Morgan fingerprint density at radius 1 is 0.935 bits per heavy atom. The minimum atomic E-state index is 0.182. The van der Waals surface area contributed by atoms with Gasteiger partial charge in [0.15, 0.2) is 0 Å². The van der Waals surface area contributed by atoms with E-state index in [0.717, 1.165) is 12.8 Å². The Bertz CT molecular complexity index is 931. The third-order valence-corrected chi connectivity index (χ3v) is 7.70. The number of nitrogens with zero attached hydrogens (tertiary/aromatic N) is 2. The number of anilines is 3. The summed E-state index contributed by atoms with van der Waals surface area (Å²) < 4.78 is 0. The second-order valence-corrected chi connectivity index (χ2v) is 9.10. The number of piperidine rings is 1. The van der Waals surface area contributed by atoms with Crippen LogP contribution >= 0.6 is 0 Å². The van der Waals surface area contributed by atoms with E-state index in [1.807, 2.05) is 13.8 Å². The summed E-state index contributed by atoms with van der Waals surface area (Å²) in [6.45, 7) is 11.2. The van der Waals surface area contributed by atoms with E-state index >= 15 is 0 Å². The van der Waals surface area contributed by atoms with Gasteiger partial charge in [-0.1, -0.05) is 89.3 Å². The molecule has 3 aliphatic rings. The van der Waals surface area contributed by atoms with Crippen LogP contribution < -0.4 is 9.80 Å². The predicted octanol–water partition coefficient (Wildman–Crippen LogP) is 7.95. The standard InChI is InChI=1S/C27H32N2.C2H6/c1-4-5-19-27(3)20(2)26-28(21-13-7-6-8-14-21)24-17-11-12-18-25(24)29(26)23-16-10-9-15-22(23)27;1-2/h5-14,17-20,22-23,26H,4,15-16H2,1-3H3;1-2H3. The van der Waals surface area contributed by atoms with Gasteiger partial charge in [-0.2, -0.15) is 0 Å². The largest absolute Gasteiger partial charge is 0.345 e. The van der Waals surface area contributed by atoms with Gasteiger partial charge in [-0.25, -0.2) is 0 Å². The maximum Gasteiger partial charge on any atom is 0.110 e. The van der Waals surface area contributed by atoms with Gasteiger partial charge in [0.25, 0.3) is 0 Å². The molecule has 0 bridgehead atoms.